The highest BCUT2D eigenvalue weighted by Crippen LogP contribution is 2.61. The van der Waals surface area contributed by atoms with E-state index in [0.29, 0.717) is 39.7 Å². The summed E-state index contributed by atoms with van der Waals surface area (Å²) in [5, 5.41) is 0. The second-order valence-electron chi connectivity index (χ2n) is 11.7. The average Bonchev–Trinajstić information content (AvgIpc) is 3.28. The first-order valence-corrected chi connectivity index (χ1v) is 17.5. The monoisotopic (exact) mass is 588 g/mol. The highest BCUT2D eigenvalue weighted by Gasteiger charge is 2.51. The molecular formula is C36H32O6Si. The van der Waals surface area contributed by atoms with Gasteiger partial charge in [0.1, 0.15) is 31.1 Å². The number of rotatable bonds is 5. The summed E-state index contributed by atoms with van der Waals surface area (Å²) in [5.41, 5.74) is 9.16. The van der Waals surface area contributed by atoms with Gasteiger partial charge in [0.2, 0.25) is 0 Å². The molecule has 216 valence electrons. The normalized spacial score (nSPS) is 17.8. The van der Waals surface area contributed by atoms with Gasteiger partial charge in [0.25, 0.3) is 0 Å². The lowest BCUT2D eigenvalue weighted by Crippen LogP contribution is -2.31. The molecule has 0 saturated carbocycles. The van der Waals surface area contributed by atoms with E-state index in [2.05, 4.69) is 31.1 Å². The van der Waals surface area contributed by atoms with Crippen LogP contribution in [0.3, 0.4) is 0 Å². The van der Waals surface area contributed by atoms with Crippen molar-refractivity contribution in [2.75, 3.05) is 28.4 Å². The van der Waals surface area contributed by atoms with Gasteiger partial charge in [-0.05, 0) is 52.6 Å². The summed E-state index contributed by atoms with van der Waals surface area (Å²) >= 11 is 0. The van der Waals surface area contributed by atoms with E-state index in [4.69, 9.17) is 18.9 Å². The molecule has 0 fully saturated rings. The van der Waals surface area contributed by atoms with Gasteiger partial charge in [-0.15, -0.1) is 5.54 Å². The quantitative estimate of drug-likeness (QED) is 0.245. The fourth-order valence-electron chi connectivity index (χ4n) is 6.40. The van der Waals surface area contributed by atoms with E-state index in [-0.39, 0.29) is 11.6 Å². The van der Waals surface area contributed by atoms with E-state index < -0.39 is 13.5 Å². The molecule has 3 aliphatic carbocycles. The summed E-state index contributed by atoms with van der Waals surface area (Å²) in [4.78, 5) is 26.9. The standard InChI is InChI=1S/C36H32O6Si/c1-39-21-19-24(22(31(20-21)42-4)16-18-43(5,6)7)35-23-11-13-27(37)34-30(41-3)14-12-26(32(23)34)36(35)17-15-28(38)33-25(36)9-8-10-29(33)40-2/h8-15,17,19-20H,1-7H3/t36-/m1/s1. The number of carbonyl (C=O) groups excluding carboxylic acids is 2. The Labute approximate surface area is 252 Å². The summed E-state index contributed by atoms with van der Waals surface area (Å²) in [7, 11) is 4.56. The number of benzene rings is 3. The fourth-order valence-corrected chi connectivity index (χ4v) is 6.90. The zero-order valence-corrected chi connectivity index (χ0v) is 26.3. The number of allylic oxidation sites excluding steroid dienone is 6. The van der Waals surface area contributed by atoms with Crippen LogP contribution in [0.4, 0.5) is 0 Å². The third-order valence-electron chi connectivity index (χ3n) is 8.16. The van der Waals surface area contributed by atoms with Crippen LogP contribution in [-0.2, 0) is 5.41 Å². The molecule has 0 aromatic heterocycles. The minimum Gasteiger partial charge on any atom is -0.497 e. The molecule has 0 aliphatic heterocycles. The molecule has 0 amide bonds. The van der Waals surface area contributed by atoms with Crippen molar-refractivity contribution in [3.8, 4) is 34.5 Å². The van der Waals surface area contributed by atoms with Gasteiger partial charge in [-0.2, -0.15) is 0 Å². The number of hydrogen-bond donors (Lipinski definition) is 0. The first-order chi connectivity index (χ1) is 20.6. The molecule has 43 heavy (non-hydrogen) atoms. The molecule has 1 atom stereocenters. The van der Waals surface area contributed by atoms with E-state index in [1.54, 1.807) is 46.7 Å². The molecular weight excluding hydrogens is 556 g/mol. The van der Waals surface area contributed by atoms with Crippen LogP contribution in [0.15, 0.2) is 66.8 Å². The van der Waals surface area contributed by atoms with Gasteiger partial charge in [-0.1, -0.05) is 55.9 Å². The van der Waals surface area contributed by atoms with Gasteiger partial charge in [0, 0.05) is 17.2 Å². The second kappa shape index (κ2) is 10.2. The number of ether oxygens (including phenoxy) is 4. The average molecular weight is 589 g/mol. The van der Waals surface area contributed by atoms with E-state index in [1.165, 1.54) is 0 Å². The van der Waals surface area contributed by atoms with Crippen LogP contribution in [0, 0.1) is 11.5 Å². The lowest BCUT2D eigenvalue weighted by molar-refractivity contribution is 0.103. The third-order valence-corrected chi connectivity index (χ3v) is 9.03. The third kappa shape index (κ3) is 4.16. The Morgan fingerprint density at radius 2 is 1.37 bits per heavy atom. The largest absolute Gasteiger partial charge is 0.497 e. The predicted octanol–water partition coefficient (Wildman–Crippen LogP) is 6.67. The summed E-state index contributed by atoms with van der Waals surface area (Å²) in [6.45, 7) is 6.57. The summed E-state index contributed by atoms with van der Waals surface area (Å²) in [5.74, 6) is 5.34. The SMILES string of the molecule is COc1cc(OC)c(C#C[Si](C)(C)C)c(C2=C3C=CC(=O)c4c(OC)ccc(c43)[C@]23C=CC(=O)c2c(OC)cccc23)c1. The molecule has 0 bridgehead atoms. The Morgan fingerprint density at radius 3 is 2.05 bits per heavy atom. The van der Waals surface area contributed by atoms with Crippen LogP contribution in [-0.4, -0.2) is 48.1 Å². The van der Waals surface area contributed by atoms with E-state index in [1.807, 2.05) is 48.6 Å². The van der Waals surface area contributed by atoms with Crippen molar-refractivity contribution in [1.29, 1.82) is 0 Å². The number of carbonyl (C=O) groups is 2. The lowest BCUT2D eigenvalue weighted by Gasteiger charge is -2.36. The summed E-state index contributed by atoms with van der Waals surface area (Å²) in [6, 6.07) is 13.3. The number of ketones is 2. The van der Waals surface area contributed by atoms with Crippen molar-refractivity contribution < 1.29 is 28.5 Å². The van der Waals surface area contributed by atoms with Crippen molar-refractivity contribution in [2.24, 2.45) is 0 Å². The molecule has 1 spiro atoms. The summed E-state index contributed by atoms with van der Waals surface area (Å²) < 4.78 is 23.1. The second-order valence-corrected chi connectivity index (χ2v) is 16.4. The molecule has 7 heteroatoms. The first-order valence-electron chi connectivity index (χ1n) is 14.0. The molecule has 3 aromatic carbocycles. The molecule has 6 nitrogen and oxygen atoms in total. The lowest BCUT2D eigenvalue weighted by atomic mass is 9.64. The number of methoxy groups -OCH3 is 4. The topological polar surface area (TPSA) is 71.1 Å². The zero-order valence-electron chi connectivity index (χ0n) is 25.3. The number of hydrogen-bond acceptors (Lipinski definition) is 6. The maximum Gasteiger partial charge on any atom is 0.190 e. The molecule has 3 aliphatic rings. The van der Waals surface area contributed by atoms with Crippen molar-refractivity contribution >= 4 is 30.8 Å². The van der Waals surface area contributed by atoms with Gasteiger partial charge >= 0.3 is 0 Å². The summed E-state index contributed by atoms with van der Waals surface area (Å²) in [6.07, 6.45) is 7.00. The van der Waals surface area contributed by atoms with E-state index in [0.717, 1.165) is 33.4 Å². The van der Waals surface area contributed by atoms with Crippen molar-refractivity contribution in [1.82, 2.24) is 0 Å². The van der Waals surface area contributed by atoms with Gasteiger partial charge < -0.3 is 18.9 Å². The Hall–Kier alpha value is -4.80. The number of fused-ring (bicyclic) bond motifs is 3. The van der Waals surface area contributed by atoms with Gasteiger partial charge in [-0.25, -0.2) is 0 Å². The molecule has 0 N–H and O–H groups in total. The molecule has 0 heterocycles. The van der Waals surface area contributed by atoms with Crippen LogP contribution < -0.4 is 18.9 Å². The highest BCUT2D eigenvalue weighted by molar-refractivity contribution is 6.83. The molecule has 0 saturated heterocycles. The Kier molecular flexibility index (Phi) is 6.70. The van der Waals surface area contributed by atoms with Crippen molar-refractivity contribution in [2.45, 2.75) is 25.1 Å². The van der Waals surface area contributed by atoms with Gasteiger partial charge in [-0.3, -0.25) is 9.59 Å². The minimum absolute atomic E-state index is 0.141. The fraction of sp³-hybridized carbons (Fsp3) is 0.222. The van der Waals surface area contributed by atoms with Crippen LogP contribution >= 0.6 is 0 Å². The smallest absolute Gasteiger partial charge is 0.190 e. The Balaban J connectivity index is 1.85. The molecule has 3 aromatic rings. The minimum atomic E-state index is -1.81. The van der Waals surface area contributed by atoms with Crippen LogP contribution in [0.25, 0.3) is 11.1 Å². The maximum atomic E-state index is 13.5. The van der Waals surface area contributed by atoms with E-state index in [9.17, 15) is 9.59 Å². The zero-order chi connectivity index (χ0) is 30.7. The molecule has 0 radical (unpaired) electrons. The Bertz CT molecular complexity index is 1890. The van der Waals surface area contributed by atoms with Crippen molar-refractivity contribution in [3.05, 3.63) is 106 Å². The molecule has 0 unspecified atom stereocenters. The van der Waals surface area contributed by atoms with Crippen molar-refractivity contribution in [3.63, 3.8) is 0 Å². The maximum absolute atomic E-state index is 13.5. The van der Waals surface area contributed by atoms with E-state index >= 15 is 0 Å². The molecule has 6 rings (SSSR count). The van der Waals surface area contributed by atoms with Crippen LogP contribution in [0.5, 0.6) is 23.0 Å². The van der Waals surface area contributed by atoms with Gasteiger partial charge in [0.15, 0.2) is 11.6 Å². The van der Waals surface area contributed by atoms with Crippen LogP contribution in [0.1, 0.15) is 48.5 Å². The predicted molar refractivity (Wildman–Crippen MR) is 170 cm³/mol. The van der Waals surface area contributed by atoms with Crippen LogP contribution in [0.2, 0.25) is 19.6 Å². The van der Waals surface area contributed by atoms with Gasteiger partial charge in [0.05, 0.1) is 50.5 Å². The Morgan fingerprint density at radius 1 is 0.698 bits per heavy atom. The first kappa shape index (κ1) is 28.3. The highest BCUT2D eigenvalue weighted by atomic mass is 28.3.